The number of hydrogen-bond donors (Lipinski definition) is 1. The van der Waals surface area contributed by atoms with Gasteiger partial charge in [0.1, 0.15) is 0 Å². The van der Waals surface area contributed by atoms with Crippen molar-refractivity contribution in [1.82, 2.24) is 9.62 Å². The van der Waals surface area contributed by atoms with Crippen LogP contribution >= 0.6 is 0 Å². The molecule has 1 unspecified atom stereocenters. The number of nitrogens with one attached hydrogen (secondary N) is 1. The van der Waals surface area contributed by atoms with Crippen molar-refractivity contribution >= 4 is 10.0 Å². The minimum atomic E-state index is -3.18. The van der Waals surface area contributed by atoms with Crippen LogP contribution in [0, 0.1) is 0 Å². The summed E-state index contributed by atoms with van der Waals surface area (Å²) < 4.78 is 31.7. The molecule has 1 N–H and O–H groups in total. The van der Waals surface area contributed by atoms with E-state index in [1.807, 2.05) is 0 Å². The third-order valence-corrected chi connectivity index (χ3v) is 6.08. The molecule has 0 radical (unpaired) electrons. The van der Waals surface area contributed by atoms with Crippen LogP contribution < -0.4 is 5.32 Å². The lowest BCUT2D eigenvalue weighted by Gasteiger charge is -2.34. The largest absolute Gasteiger partial charge is 0.380 e. The lowest BCUT2D eigenvalue weighted by atomic mass is 10.1. The van der Waals surface area contributed by atoms with Gasteiger partial charge in [0, 0.05) is 19.7 Å². The Balaban J connectivity index is 2.02. The maximum atomic E-state index is 12.4. The Kier molecular flexibility index (Phi) is 4.41. The summed E-state index contributed by atoms with van der Waals surface area (Å²) in [4.78, 5) is 0. The van der Waals surface area contributed by atoms with E-state index in [1.54, 1.807) is 11.4 Å². The molecule has 100 valence electrons. The average Bonchev–Trinajstić information content (AvgIpc) is 2.40. The molecule has 5 nitrogen and oxygen atoms in total. The van der Waals surface area contributed by atoms with Crippen LogP contribution in [0.2, 0.25) is 0 Å². The number of ether oxygens (including phenoxy) is 1. The summed E-state index contributed by atoms with van der Waals surface area (Å²) in [5.74, 6) is 0. The standard InChI is InChI=1S/C11H22N2O3S/c1-13(10-4-6-12-7-5-10)17(14,15)11-3-2-8-16-9-11/h10-12H,2-9H2,1H3. The molecular formula is C11H22N2O3S. The monoisotopic (exact) mass is 262 g/mol. The van der Waals surface area contributed by atoms with E-state index in [0.717, 1.165) is 38.8 Å². The van der Waals surface area contributed by atoms with Crippen LogP contribution in [-0.4, -0.2) is 57.4 Å². The molecule has 0 bridgehead atoms. The summed E-state index contributed by atoms with van der Waals surface area (Å²) in [5, 5.41) is 2.92. The normalized spacial score (nSPS) is 28.5. The predicted octanol–water partition coefficient (Wildman–Crippen LogP) is 0.179. The van der Waals surface area contributed by atoms with E-state index >= 15 is 0 Å². The van der Waals surface area contributed by atoms with Crippen LogP contribution in [0.25, 0.3) is 0 Å². The molecule has 0 aliphatic carbocycles. The van der Waals surface area contributed by atoms with Gasteiger partial charge in [-0.2, -0.15) is 0 Å². The molecule has 2 fully saturated rings. The highest BCUT2D eigenvalue weighted by Gasteiger charge is 2.35. The van der Waals surface area contributed by atoms with Crippen LogP contribution in [0.3, 0.4) is 0 Å². The SMILES string of the molecule is CN(C1CCNCC1)S(=O)(=O)C1CCCOC1. The zero-order chi connectivity index (χ0) is 12.3. The fourth-order valence-corrected chi connectivity index (χ4v) is 4.39. The molecule has 2 rings (SSSR count). The minimum Gasteiger partial charge on any atom is -0.380 e. The molecule has 0 aromatic carbocycles. The topological polar surface area (TPSA) is 58.6 Å². The minimum absolute atomic E-state index is 0.156. The molecule has 6 heteroatoms. The fourth-order valence-electron chi connectivity index (χ4n) is 2.56. The van der Waals surface area contributed by atoms with Crippen molar-refractivity contribution < 1.29 is 13.2 Å². The Bertz CT molecular complexity index is 333. The molecule has 1 atom stereocenters. The quantitative estimate of drug-likeness (QED) is 0.788. The zero-order valence-electron chi connectivity index (χ0n) is 10.4. The Labute approximate surface area is 104 Å². The summed E-state index contributed by atoms with van der Waals surface area (Å²) in [6.07, 6.45) is 3.40. The van der Waals surface area contributed by atoms with Gasteiger partial charge in [0.05, 0.1) is 11.9 Å². The third kappa shape index (κ3) is 2.99. The second-order valence-corrected chi connectivity index (χ2v) is 7.15. The highest BCUT2D eigenvalue weighted by molar-refractivity contribution is 7.89. The first kappa shape index (κ1) is 13.3. The van der Waals surface area contributed by atoms with Gasteiger partial charge < -0.3 is 10.1 Å². The smallest absolute Gasteiger partial charge is 0.219 e. The molecule has 17 heavy (non-hydrogen) atoms. The summed E-state index contributed by atoms with van der Waals surface area (Å²) >= 11 is 0. The Hall–Kier alpha value is -0.170. The van der Waals surface area contributed by atoms with E-state index in [0.29, 0.717) is 13.2 Å². The molecule has 0 amide bonds. The molecule has 0 aromatic heterocycles. The van der Waals surface area contributed by atoms with Crippen LogP contribution in [0.4, 0.5) is 0 Å². The van der Waals surface area contributed by atoms with Crippen molar-refractivity contribution in [2.24, 2.45) is 0 Å². The maximum absolute atomic E-state index is 12.4. The highest BCUT2D eigenvalue weighted by Crippen LogP contribution is 2.22. The van der Waals surface area contributed by atoms with Crippen LogP contribution in [0.1, 0.15) is 25.7 Å². The van der Waals surface area contributed by atoms with Crippen molar-refractivity contribution in [2.45, 2.75) is 37.0 Å². The Morgan fingerprint density at radius 1 is 1.24 bits per heavy atom. The van der Waals surface area contributed by atoms with Gasteiger partial charge in [-0.05, 0) is 38.8 Å². The lowest BCUT2D eigenvalue weighted by molar-refractivity contribution is 0.0970. The number of sulfonamides is 1. The number of hydrogen-bond acceptors (Lipinski definition) is 4. The van der Waals surface area contributed by atoms with E-state index < -0.39 is 10.0 Å². The molecular weight excluding hydrogens is 240 g/mol. The first-order chi connectivity index (χ1) is 8.12. The number of piperidine rings is 1. The van der Waals surface area contributed by atoms with Gasteiger partial charge in [-0.25, -0.2) is 12.7 Å². The molecule has 2 heterocycles. The van der Waals surface area contributed by atoms with E-state index in [2.05, 4.69) is 5.32 Å². The molecule has 2 saturated heterocycles. The Morgan fingerprint density at radius 2 is 1.94 bits per heavy atom. The summed E-state index contributed by atoms with van der Waals surface area (Å²) in [6, 6.07) is 0.156. The lowest BCUT2D eigenvalue weighted by Crippen LogP contribution is -2.48. The average molecular weight is 262 g/mol. The zero-order valence-corrected chi connectivity index (χ0v) is 11.2. The first-order valence-electron chi connectivity index (χ1n) is 6.37. The van der Waals surface area contributed by atoms with E-state index in [1.165, 1.54) is 0 Å². The van der Waals surface area contributed by atoms with Crippen molar-refractivity contribution in [2.75, 3.05) is 33.4 Å². The van der Waals surface area contributed by atoms with E-state index in [-0.39, 0.29) is 11.3 Å². The van der Waals surface area contributed by atoms with Gasteiger partial charge in [0.2, 0.25) is 10.0 Å². The van der Waals surface area contributed by atoms with E-state index in [4.69, 9.17) is 4.74 Å². The summed E-state index contributed by atoms with van der Waals surface area (Å²) in [5.41, 5.74) is 0. The molecule has 2 aliphatic heterocycles. The molecule has 0 spiro atoms. The van der Waals surface area contributed by atoms with Gasteiger partial charge >= 0.3 is 0 Å². The second kappa shape index (κ2) is 5.65. The van der Waals surface area contributed by atoms with Crippen molar-refractivity contribution in [3.05, 3.63) is 0 Å². The molecule has 0 saturated carbocycles. The third-order valence-electron chi connectivity index (χ3n) is 3.76. The van der Waals surface area contributed by atoms with Gasteiger partial charge in [0.25, 0.3) is 0 Å². The highest BCUT2D eigenvalue weighted by atomic mass is 32.2. The summed E-state index contributed by atoms with van der Waals surface area (Å²) in [6.45, 7) is 2.87. The molecule has 2 aliphatic rings. The van der Waals surface area contributed by atoms with Crippen molar-refractivity contribution in [3.8, 4) is 0 Å². The van der Waals surface area contributed by atoms with Crippen LogP contribution in [0.15, 0.2) is 0 Å². The number of rotatable bonds is 3. The van der Waals surface area contributed by atoms with Gasteiger partial charge in [-0.3, -0.25) is 0 Å². The Morgan fingerprint density at radius 3 is 2.53 bits per heavy atom. The fraction of sp³-hybridized carbons (Fsp3) is 1.00. The maximum Gasteiger partial charge on any atom is 0.219 e. The second-order valence-electron chi connectivity index (χ2n) is 4.88. The van der Waals surface area contributed by atoms with E-state index in [9.17, 15) is 8.42 Å². The summed E-state index contributed by atoms with van der Waals surface area (Å²) in [7, 11) is -1.46. The van der Waals surface area contributed by atoms with Gasteiger partial charge in [-0.15, -0.1) is 0 Å². The van der Waals surface area contributed by atoms with Crippen molar-refractivity contribution in [3.63, 3.8) is 0 Å². The van der Waals surface area contributed by atoms with Crippen molar-refractivity contribution in [1.29, 1.82) is 0 Å². The van der Waals surface area contributed by atoms with Crippen LogP contribution in [-0.2, 0) is 14.8 Å². The van der Waals surface area contributed by atoms with Gasteiger partial charge in [-0.1, -0.05) is 0 Å². The number of nitrogens with zero attached hydrogens (tertiary/aromatic N) is 1. The predicted molar refractivity (Wildman–Crippen MR) is 66.4 cm³/mol. The van der Waals surface area contributed by atoms with Gasteiger partial charge in [0.15, 0.2) is 0 Å². The first-order valence-corrected chi connectivity index (χ1v) is 7.88. The molecule has 0 aromatic rings. The van der Waals surface area contributed by atoms with Crippen LogP contribution in [0.5, 0.6) is 0 Å².